The van der Waals surface area contributed by atoms with Gasteiger partial charge in [0.05, 0.1) is 6.04 Å². The van der Waals surface area contributed by atoms with E-state index in [-0.39, 0.29) is 5.91 Å². The van der Waals surface area contributed by atoms with E-state index in [1.54, 1.807) is 6.20 Å². The second kappa shape index (κ2) is 5.43. The normalized spacial score (nSPS) is 14.9. The van der Waals surface area contributed by atoms with Gasteiger partial charge in [-0.15, -0.1) is 0 Å². The molecule has 2 aromatic rings. The van der Waals surface area contributed by atoms with E-state index in [4.69, 9.17) is 5.73 Å². The van der Waals surface area contributed by atoms with Crippen LogP contribution in [0, 0.1) is 0 Å². The molecule has 1 aromatic carbocycles. The minimum atomic E-state index is -0.529. The molecule has 20 heavy (non-hydrogen) atoms. The van der Waals surface area contributed by atoms with Crippen molar-refractivity contribution in [1.82, 2.24) is 9.88 Å². The summed E-state index contributed by atoms with van der Waals surface area (Å²) in [4.78, 5) is 18.4. The summed E-state index contributed by atoms with van der Waals surface area (Å²) in [5, 5.41) is 0. The third-order valence-electron chi connectivity index (χ3n) is 3.62. The van der Waals surface area contributed by atoms with Crippen molar-refractivity contribution in [2.45, 2.75) is 25.6 Å². The molecule has 1 atom stereocenters. The average molecular weight is 267 g/mol. The predicted molar refractivity (Wildman–Crippen MR) is 76.6 cm³/mol. The van der Waals surface area contributed by atoms with Crippen molar-refractivity contribution in [2.24, 2.45) is 5.73 Å². The third-order valence-corrected chi connectivity index (χ3v) is 3.62. The summed E-state index contributed by atoms with van der Waals surface area (Å²) in [5.74, 6) is -0.00754. The highest BCUT2D eigenvalue weighted by Gasteiger charge is 2.27. The van der Waals surface area contributed by atoms with E-state index >= 15 is 0 Å². The van der Waals surface area contributed by atoms with Gasteiger partial charge >= 0.3 is 0 Å². The molecule has 0 bridgehead atoms. The number of amides is 1. The van der Waals surface area contributed by atoms with Gasteiger partial charge in [0.15, 0.2) is 0 Å². The Labute approximate surface area is 118 Å². The Bertz CT molecular complexity index is 587. The molecule has 102 valence electrons. The van der Waals surface area contributed by atoms with Gasteiger partial charge in [-0.1, -0.05) is 30.3 Å². The number of carbonyl (C=O) groups excluding carboxylic acids is 1. The van der Waals surface area contributed by atoms with E-state index in [1.807, 2.05) is 35.2 Å². The molecule has 1 aromatic heterocycles. The molecule has 0 radical (unpaired) electrons. The highest BCUT2D eigenvalue weighted by molar-refractivity contribution is 5.82. The monoisotopic (exact) mass is 267 g/mol. The van der Waals surface area contributed by atoms with Crippen molar-refractivity contribution >= 4 is 5.91 Å². The minimum Gasteiger partial charge on any atom is -0.333 e. The number of nitrogens with two attached hydrogens (primary N) is 1. The first-order valence-electron chi connectivity index (χ1n) is 6.75. The van der Waals surface area contributed by atoms with Gasteiger partial charge in [0.1, 0.15) is 0 Å². The topological polar surface area (TPSA) is 59.2 Å². The summed E-state index contributed by atoms with van der Waals surface area (Å²) in [5.41, 5.74) is 9.31. The maximum Gasteiger partial charge on any atom is 0.240 e. The molecule has 0 spiro atoms. The molecular weight excluding hydrogens is 250 g/mol. The molecule has 4 nitrogen and oxygen atoms in total. The summed E-state index contributed by atoms with van der Waals surface area (Å²) in [6.45, 7) is 1.32. The predicted octanol–water partition coefficient (Wildman–Crippen LogP) is 1.49. The van der Waals surface area contributed by atoms with Crippen LogP contribution >= 0.6 is 0 Å². The lowest BCUT2D eigenvalue weighted by Crippen LogP contribution is -2.42. The Hall–Kier alpha value is -2.20. The first kappa shape index (κ1) is 12.8. The Morgan fingerprint density at radius 2 is 1.80 bits per heavy atom. The highest BCUT2D eigenvalue weighted by atomic mass is 16.2. The van der Waals surface area contributed by atoms with Crippen LogP contribution in [0.5, 0.6) is 0 Å². The fraction of sp³-hybridized carbons (Fsp3) is 0.250. The molecule has 0 fully saturated rings. The van der Waals surface area contributed by atoms with Gasteiger partial charge < -0.3 is 10.6 Å². The lowest BCUT2D eigenvalue weighted by molar-refractivity contribution is -0.133. The maximum atomic E-state index is 12.4. The molecular formula is C16H17N3O. The second-order valence-electron chi connectivity index (χ2n) is 5.09. The van der Waals surface area contributed by atoms with Crippen LogP contribution in [-0.4, -0.2) is 21.8 Å². The zero-order chi connectivity index (χ0) is 13.9. The fourth-order valence-electron chi connectivity index (χ4n) is 2.55. The largest absolute Gasteiger partial charge is 0.333 e. The Morgan fingerprint density at radius 1 is 1.15 bits per heavy atom. The lowest BCUT2D eigenvalue weighted by atomic mass is 10.1. The Balaban J connectivity index is 1.66. The van der Waals surface area contributed by atoms with Gasteiger partial charge in [0.25, 0.3) is 0 Å². The molecule has 4 heteroatoms. The number of nitrogens with zero attached hydrogens (tertiary/aromatic N) is 2. The van der Waals surface area contributed by atoms with E-state index in [0.29, 0.717) is 19.5 Å². The minimum absolute atomic E-state index is 0.00754. The highest BCUT2D eigenvalue weighted by Crippen LogP contribution is 2.22. The number of fused-ring (bicyclic) bond motifs is 1. The van der Waals surface area contributed by atoms with Crippen molar-refractivity contribution in [3.05, 3.63) is 65.5 Å². The first-order chi connectivity index (χ1) is 9.74. The number of benzene rings is 1. The molecule has 0 aliphatic carbocycles. The fourth-order valence-corrected chi connectivity index (χ4v) is 2.55. The van der Waals surface area contributed by atoms with Gasteiger partial charge in [0, 0.05) is 31.4 Å². The third kappa shape index (κ3) is 2.56. The molecule has 0 saturated carbocycles. The van der Waals surface area contributed by atoms with Gasteiger partial charge in [-0.25, -0.2) is 0 Å². The SMILES string of the molecule is N[C@H](Cc1ccccn1)C(=O)N1Cc2ccccc2C1. The molecule has 1 aliphatic rings. The van der Waals surface area contributed by atoms with E-state index in [0.717, 1.165) is 5.69 Å². The number of rotatable bonds is 3. The van der Waals surface area contributed by atoms with Crippen molar-refractivity contribution < 1.29 is 4.79 Å². The van der Waals surface area contributed by atoms with Crippen LogP contribution in [0.4, 0.5) is 0 Å². The molecule has 3 rings (SSSR count). The van der Waals surface area contributed by atoms with E-state index in [1.165, 1.54) is 11.1 Å². The molecule has 0 saturated heterocycles. The van der Waals surface area contributed by atoms with Crippen LogP contribution in [-0.2, 0) is 24.3 Å². The molecule has 0 unspecified atom stereocenters. The molecule has 1 aliphatic heterocycles. The number of carbonyl (C=O) groups is 1. The molecule has 2 N–H and O–H groups in total. The zero-order valence-corrected chi connectivity index (χ0v) is 11.2. The van der Waals surface area contributed by atoms with Crippen molar-refractivity contribution in [1.29, 1.82) is 0 Å². The molecule has 2 heterocycles. The van der Waals surface area contributed by atoms with Crippen molar-refractivity contribution in [3.63, 3.8) is 0 Å². The number of pyridine rings is 1. The summed E-state index contributed by atoms with van der Waals surface area (Å²) >= 11 is 0. The van der Waals surface area contributed by atoms with Gasteiger partial charge in [-0.05, 0) is 23.3 Å². The lowest BCUT2D eigenvalue weighted by Gasteiger charge is -2.20. The van der Waals surface area contributed by atoms with Crippen molar-refractivity contribution in [3.8, 4) is 0 Å². The smallest absolute Gasteiger partial charge is 0.240 e. The van der Waals surface area contributed by atoms with Crippen LogP contribution in [0.2, 0.25) is 0 Å². The number of hydrogen-bond donors (Lipinski definition) is 1. The number of aromatic nitrogens is 1. The van der Waals surface area contributed by atoms with Crippen LogP contribution < -0.4 is 5.73 Å². The van der Waals surface area contributed by atoms with E-state index in [9.17, 15) is 4.79 Å². The number of hydrogen-bond acceptors (Lipinski definition) is 3. The summed E-state index contributed by atoms with van der Waals surface area (Å²) in [7, 11) is 0. The van der Waals surface area contributed by atoms with E-state index < -0.39 is 6.04 Å². The van der Waals surface area contributed by atoms with Gasteiger partial charge in [-0.2, -0.15) is 0 Å². The average Bonchev–Trinajstić information content (AvgIpc) is 2.91. The zero-order valence-electron chi connectivity index (χ0n) is 11.2. The second-order valence-corrected chi connectivity index (χ2v) is 5.09. The van der Waals surface area contributed by atoms with Crippen LogP contribution in [0.1, 0.15) is 16.8 Å². The first-order valence-corrected chi connectivity index (χ1v) is 6.75. The van der Waals surface area contributed by atoms with Crippen LogP contribution in [0.25, 0.3) is 0 Å². The quantitative estimate of drug-likeness (QED) is 0.916. The standard InChI is InChI=1S/C16H17N3O/c17-15(9-14-7-3-4-8-18-14)16(20)19-10-12-5-1-2-6-13(12)11-19/h1-8,15H,9-11,17H2/t15-/m1/s1. The van der Waals surface area contributed by atoms with Gasteiger partial charge in [-0.3, -0.25) is 9.78 Å². The summed E-state index contributed by atoms with van der Waals surface area (Å²) in [6.07, 6.45) is 2.20. The van der Waals surface area contributed by atoms with Crippen LogP contribution in [0.15, 0.2) is 48.7 Å². The Morgan fingerprint density at radius 3 is 2.40 bits per heavy atom. The van der Waals surface area contributed by atoms with Crippen molar-refractivity contribution in [2.75, 3.05) is 0 Å². The molecule has 1 amide bonds. The summed E-state index contributed by atoms with van der Waals surface area (Å²) < 4.78 is 0. The van der Waals surface area contributed by atoms with E-state index in [2.05, 4.69) is 17.1 Å². The van der Waals surface area contributed by atoms with Gasteiger partial charge in [0.2, 0.25) is 5.91 Å². The summed E-state index contributed by atoms with van der Waals surface area (Å²) in [6, 6.07) is 13.3. The van der Waals surface area contributed by atoms with Crippen LogP contribution in [0.3, 0.4) is 0 Å². The Kier molecular flexibility index (Phi) is 3.48. The maximum absolute atomic E-state index is 12.4.